The van der Waals surface area contributed by atoms with Crippen molar-refractivity contribution < 1.29 is 14.2 Å². The van der Waals surface area contributed by atoms with E-state index in [-0.39, 0.29) is 0 Å². The van der Waals surface area contributed by atoms with Gasteiger partial charge in [-0.3, -0.25) is 0 Å². The third-order valence-corrected chi connectivity index (χ3v) is 2.08. The molecule has 1 rings (SSSR count). The summed E-state index contributed by atoms with van der Waals surface area (Å²) >= 11 is 0. The Morgan fingerprint density at radius 3 is 2.28 bits per heavy atom. The van der Waals surface area contributed by atoms with Crippen molar-refractivity contribution in [1.29, 1.82) is 0 Å². The van der Waals surface area contributed by atoms with Crippen LogP contribution in [0.4, 0.5) is 5.95 Å². The number of ether oxygens (including phenoxy) is 3. The first kappa shape index (κ1) is 14.5. The number of methoxy groups -OCH3 is 2. The molecule has 6 nitrogen and oxygen atoms in total. The first-order valence-corrected chi connectivity index (χ1v) is 5.94. The van der Waals surface area contributed by atoms with Crippen LogP contribution in [0.3, 0.4) is 0 Å². The summed E-state index contributed by atoms with van der Waals surface area (Å²) in [5, 5.41) is 3.06. The van der Waals surface area contributed by atoms with E-state index in [0.29, 0.717) is 36.8 Å². The second-order valence-corrected chi connectivity index (χ2v) is 4.17. The zero-order valence-corrected chi connectivity index (χ0v) is 11.4. The van der Waals surface area contributed by atoms with Crippen LogP contribution in [0.2, 0.25) is 0 Å². The lowest BCUT2D eigenvalue weighted by molar-refractivity contribution is 0.118. The van der Waals surface area contributed by atoms with Crippen LogP contribution >= 0.6 is 0 Å². The zero-order chi connectivity index (χ0) is 13.4. The van der Waals surface area contributed by atoms with E-state index in [0.717, 1.165) is 6.61 Å². The van der Waals surface area contributed by atoms with Crippen LogP contribution in [0.1, 0.15) is 13.8 Å². The molecule has 102 valence electrons. The molecule has 0 saturated carbocycles. The van der Waals surface area contributed by atoms with Crippen molar-refractivity contribution in [2.75, 3.05) is 39.3 Å². The van der Waals surface area contributed by atoms with Crippen LogP contribution in [0.5, 0.6) is 11.8 Å². The van der Waals surface area contributed by atoms with Crippen molar-refractivity contribution in [2.45, 2.75) is 13.8 Å². The minimum absolute atomic E-state index is 0.465. The number of anilines is 1. The van der Waals surface area contributed by atoms with Gasteiger partial charge in [0.05, 0.1) is 26.9 Å². The van der Waals surface area contributed by atoms with Crippen molar-refractivity contribution >= 4 is 5.95 Å². The smallest absolute Gasteiger partial charge is 0.229 e. The molecular formula is C12H21N3O3. The molecule has 1 N–H and O–H groups in total. The van der Waals surface area contributed by atoms with Crippen LogP contribution in [0.25, 0.3) is 0 Å². The summed E-state index contributed by atoms with van der Waals surface area (Å²) in [5.41, 5.74) is 0. The summed E-state index contributed by atoms with van der Waals surface area (Å²) in [7, 11) is 3.11. The molecule has 0 aliphatic rings. The molecule has 1 aromatic rings. The van der Waals surface area contributed by atoms with Gasteiger partial charge in [-0.25, -0.2) is 0 Å². The topological polar surface area (TPSA) is 65.5 Å². The molecule has 0 amide bonds. The first-order valence-electron chi connectivity index (χ1n) is 5.94. The summed E-state index contributed by atoms with van der Waals surface area (Å²) in [6.45, 7) is 6.24. The van der Waals surface area contributed by atoms with Gasteiger partial charge in [0.2, 0.25) is 17.7 Å². The van der Waals surface area contributed by atoms with Gasteiger partial charge in [-0.05, 0) is 5.92 Å². The number of hydrogen-bond acceptors (Lipinski definition) is 6. The van der Waals surface area contributed by atoms with Gasteiger partial charge in [0.15, 0.2) is 0 Å². The normalized spacial score (nSPS) is 10.5. The highest BCUT2D eigenvalue weighted by Gasteiger charge is 2.04. The molecule has 1 aromatic heterocycles. The van der Waals surface area contributed by atoms with Gasteiger partial charge < -0.3 is 19.5 Å². The van der Waals surface area contributed by atoms with Crippen molar-refractivity contribution in [3.05, 3.63) is 6.07 Å². The van der Waals surface area contributed by atoms with Crippen LogP contribution in [-0.4, -0.2) is 43.9 Å². The Bertz CT molecular complexity index is 336. The maximum Gasteiger partial charge on any atom is 0.229 e. The first-order chi connectivity index (χ1) is 8.65. The molecule has 0 spiro atoms. The largest absolute Gasteiger partial charge is 0.481 e. The molecule has 0 aliphatic carbocycles. The zero-order valence-electron chi connectivity index (χ0n) is 11.4. The van der Waals surface area contributed by atoms with Crippen molar-refractivity contribution in [1.82, 2.24) is 9.97 Å². The van der Waals surface area contributed by atoms with E-state index in [1.165, 1.54) is 0 Å². The predicted octanol–water partition coefficient (Wildman–Crippen LogP) is 1.58. The number of hydrogen-bond donors (Lipinski definition) is 1. The molecule has 0 fully saturated rings. The Hall–Kier alpha value is -1.56. The van der Waals surface area contributed by atoms with Crippen LogP contribution < -0.4 is 14.8 Å². The predicted molar refractivity (Wildman–Crippen MR) is 69.3 cm³/mol. The molecule has 0 bridgehead atoms. The van der Waals surface area contributed by atoms with Gasteiger partial charge in [0.25, 0.3) is 0 Å². The van der Waals surface area contributed by atoms with E-state index < -0.39 is 0 Å². The Morgan fingerprint density at radius 1 is 1.17 bits per heavy atom. The van der Waals surface area contributed by atoms with Crippen LogP contribution in [0, 0.1) is 5.92 Å². The fraction of sp³-hybridized carbons (Fsp3) is 0.667. The quantitative estimate of drug-likeness (QED) is 0.711. The Kier molecular flexibility index (Phi) is 6.21. The minimum Gasteiger partial charge on any atom is -0.481 e. The molecule has 0 radical (unpaired) electrons. The summed E-state index contributed by atoms with van der Waals surface area (Å²) in [4.78, 5) is 8.31. The second kappa shape index (κ2) is 7.71. The average Bonchev–Trinajstić information content (AvgIpc) is 2.37. The van der Waals surface area contributed by atoms with E-state index in [1.807, 2.05) is 0 Å². The van der Waals surface area contributed by atoms with E-state index in [4.69, 9.17) is 14.2 Å². The van der Waals surface area contributed by atoms with Gasteiger partial charge in [0, 0.05) is 13.2 Å². The Labute approximate surface area is 108 Å². The van der Waals surface area contributed by atoms with Crippen LogP contribution in [-0.2, 0) is 4.74 Å². The summed E-state index contributed by atoms with van der Waals surface area (Å²) < 4.78 is 15.6. The standard InChI is InChI=1S/C12H21N3O3/c1-9(2)8-18-6-5-13-12-14-10(16-3)7-11(15-12)17-4/h7,9H,5-6,8H2,1-4H3,(H,13,14,15). The summed E-state index contributed by atoms with van der Waals surface area (Å²) in [6, 6.07) is 1.63. The van der Waals surface area contributed by atoms with E-state index in [1.54, 1.807) is 20.3 Å². The maximum absolute atomic E-state index is 5.45. The molecule has 0 unspecified atom stereocenters. The van der Waals surface area contributed by atoms with Gasteiger partial charge >= 0.3 is 0 Å². The monoisotopic (exact) mass is 255 g/mol. The number of rotatable bonds is 8. The third-order valence-electron chi connectivity index (χ3n) is 2.08. The van der Waals surface area contributed by atoms with E-state index in [2.05, 4.69) is 29.1 Å². The fourth-order valence-electron chi connectivity index (χ4n) is 1.25. The van der Waals surface area contributed by atoms with Crippen molar-refractivity contribution in [3.8, 4) is 11.8 Å². The number of nitrogens with zero attached hydrogens (tertiary/aromatic N) is 2. The van der Waals surface area contributed by atoms with Gasteiger partial charge in [0.1, 0.15) is 0 Å². The van der Waals surface area contributed by atoms with E-state index in [9.17, 15) is 0 Å². The molecular weight excluding hydrogens is 234 g/mol. The number of aromatic nitrogens is 2. The minimum atomic E-state index is 0.465. The fourth-order valence-corrected chi connectivity index (χ4v) is 1.25. The molecule has 0 atom stereocenters. The molecule has 18 heavy (non-hydrogen) atoms. The van der Waals surface area contributed by atoms with Crippen LogP contribution in [0.15, 0.2) is 6.07 Å². The summed E-state index contributed by atoms with van der Waals surface area (Å²) in [5.74, 6) is 1.94. The van der Waals surface area contributed by atoms with Gasteiger partial charge in [-0.1, -0.05) is 13.8 Å². The lowest BCUT2D eigenvalue weighted by Gasteiger charge is -2.09. The van der Waals surface area contributed by atoms with Crippen molar-refractivity contribution in [2.24, 2.45) is 5.92 Å². The highest BCUT2D eigenvalue weighted by molar-refractivity contribution is 5.33. The molecule has 1 heterocycles. The Morgan fingerprint density at radius 2 is 1.78 bits per heavy atom. The highest BCUT2D eigenvalue weighted by atomic mass is 16.5. The summed E-state index contributed by atoms with van der Waals surface area (Å²) in [6.07, 6.45) is 0. The molecule has 6 heteroatoms. The van der Waals surface area contributed by atoms with Gasteiger partial charge in [-0.2, -0.15) is 9.97 Å². The highest BCUT2D eigenvalue weighted by Crippen LogP contribution is 2.16. The van der Waals surface area contributed by atoms with E-state index >= 15 is 0 Å². The second-order valence-electron chi connectivity index (χ2n) is 4.17. The molecule has 0 saturated heterocycles. The molecule has 0 aliphatic heterocycles. The van der Waals surface area contributed by atoms with Crippen molar-refractivity contribution in [3.63, 3.8) is 0 Å². The lowest BCUT2D eigenvalue weighted by Crippen LogP contribution is -2.14. The Balaban J connectivity index is 2.41. The SMILES string of the molecule is COc1cc(OC)nc(NCCOCC(C)C)n1. The average molecular weight is 255 g/mol. The molecule has 0 aromatic carbocycles. The third kappa shape index (κ3) is 5.18. The maximum atomic E-state index is 5.45. The lowest BCUT2D eigenvalue weighted by atomic mass is 10.2. The number of nitrogens with one attached hydrogen (secondary N) is 1. The van der Waals surface area contributed by atoms with Gasteiger partial charge in [-0.15, -0.1) is 0 Å².